The summed E-state index contributed by atoms with van der Waals surface area (Å²) in [6, 6.07) is 0. The summed E-state index contributed by atoms with van der Waals surface area (Å²) < 4.78 is 0. The molecular weight excluding hydrogens is 236 g/mol. The summed E-state index contributed by atoms with van der Waals surface area (Å²) in [7, 11) is 0. The van der Waals surface area contributed by atoms with E-state index in [2.05, 4.69) is 11.8 Å². The first kappa shape index (κ1) is 13.8. The van der Waals surface area contributed by atoms with Crippen molar-refractivity contribution in [3.8, 4) is 0 Å². The van der Waals surface area contributed by atoms with Crippen LogP contribution >= 0.6 is 0 Å². The van der Waals surface area contributed by atoms with Gasteiger partial charge in [-0.2, -0.15) is 0 Å². The molecule has 3 unspecified atom stereocenters. The smallest absolute Gasteiger partial charge is 0.0768 e. The van der Waals surface area contributed by atoms with Crippen LogP contribution in [0.15, 0.2) is 0 Å². The van der Waals surface area contributed by atoms with Crippen LogP contribution in [0.5, 0.6) is 0 Å². The Morgan fingerprint density at radius 2 is 1.89 bits per heavy atom. The van der Waals surface area contributed by atoms with Gasteiger partial charge in [0, 0.05) is 31.0 Å². The summed E-state index contributed by atoms with van der Waals surface area (Å²) in [6.45, 7) is 6.34. The van der Waals surface area contributed by atoms with Crippen LogP contribution in [0, 0.1) is 17.3 Å². The molecule has 19 heavy (non-hydrogen) atoms. The zero-order valence-corrected chi connectivity index (χ0v) is 12.4. The molecule has 1 aliphatic carbocycles. The fourth-order valence-corrected chi connectivity index (χ4v) is 5.11. The topological polar surface area (TPSA) is 49.5 Å². The molecule has 3 rings (SSSR count). The number of piperidine rings is 1. The molecule has 3 fully saturated rings. The molecule has 110 valence electrons. The first-order valence-electron chi connectivity index (χ1n) is 8.28. The van der Waals surface area contributed by atoms with Crippen LogP contribution < -0.4 is 5.73 Å². The van der Waals surface area contributed by atoms with Crippen LogP contribution in [-0.2, 0) is 0 Å². The third-order valence-corrected chi connectivity index (χ3v) is 6.71. The summed E-state index contributed by atoms with van der Waals surface area (Å²) in [5.74, 6) is 1.34. The number of aliphatic hydroxyl groups is 1. The summed E-state index contributed by atoms with van der Waals surface area (Å²) in [4.78, 5) is 2.51. The van der Waals surface area contributed by atoms with Crippen LogP contribution in [0.1, 0.15) is 51.9 Å². The van der Waals surface area contributed by atoms with Crippen molar-refractivity contribution in [3.63, 3.8) is 0 Å². The van der Waals surface area contributed by atoms with Crippen LogP contribution in [0.3, 0.4) is 0 Å². The van der Waals surface area contributed by atoms with E-state index in [0.29, 0.717) is 12.5 Å². The highest BCUT2D eigenvalue weighted by molar-refractivity contribution is 5.09. The number of rotatable bonds is 3. The van der Waals surface area contributed by atoms with Gasteiger partial charge in [-0.15, -0.1) is 0 Å². The van der Waals surface area contributed by atoms with Gasteiger partial charge in [0.15, 0.2) is 0 Å². The summed E-state index contributed by atoms with van der Waals surface area (Å²) in [5.41, 5.74) is 5.73. The van der Waals surface area contributed by atoms with Gasteiger partial charge in [-0.25, -0.2) is 0 Å². The molecule has 0 aromatic rings. The summed E-state index contributed by atoms with van der Waals surface area (Å²) >= 11 is 0. The molecule has 2 aliphatic heterocycles. The highest BCUT2D eigenvalue weighted by Gasteiger charge is 2.57. The van der Waals surface area contributed by atoms with E-state index in [0.717, 1.165) is 38.3 Å². The summed E-state index contributed by atoms with van der Waals surface area (Å²) in [6.07, 6.45) is 8.25. The van der Waals surface area contributed by atoms with Gasteiger partial charge < -0.3 is 15.7 Å². The van der Waals surface area contributed by atoms with Crippen LogP contribution in [-0.4, -0.2) is 41.8 Å². The Kier molecular flexibility index (Phi) is 3.65. The maximum atomic E-state index is 11.5. The van der Waals surface area contributed by atoms with Crippen molar-refractivity contribution < 1.29 is 5.11 Å². The van der Waals surface area contributed by atoms with Gasteiger partial charge in [0.1, 0.15) is 0 Å². The lowest BCUT2D eigenvalue weighted by molar-refractivity contribution is -0.157. The number of fused-ring (bicyclic) bond motifs is 2. The second kappa shape index (κ2) is 5.01. The molecular formula is C16H30N2O. The molecule has 3 N–H and O–H groups in total. The minimum atomic E-state index is -0.479. The van der Waals surface area contributed by atoms with Gasteiger partial charge in [-0.1, -0.05) is 13.3 Å². The average Bonchev–Trinajstić information content (AvgIpc) is 2.88. The second-order valence-corrected chi connectivity index (χ2v) is 7.30. The highest BCUT2D eigenvalue weighted by atomic mass is 16.3. The first-order valence-corrected chi connectivity index (χ1v) is 8.28. The fourth-order valence-electron chi connectivity index (χ4n) is 5.11. The van der Waals surface area contributed by atoms with Crippen molar-refractivity contribution in [2.24, 2.45) is 23.0 Å². The lowest BCUT2D eigenvalue weighted by Crippen LogP contribution is -2.61. The predicted molar refractivity (Wildman–Crippen MR) is 77.9 cm³/mol. The maximum Gasteiger partial charge on any atom is 0.0768 e. The van der Waals surface area contributed by atoms with E-state index in [1.165, 1.54) is 32.2 Å². The lowest BCUT2D eigenvalue weighted by atomic mass is 9.55. The number of nitrogens with two attached hydrogens (primary N) is 1. The van der Waals surface area contributed by atoms with Crippen molar-refractivity contribution in [3.05, 3.63) is 0 Å². The molecule has 0 aromatic carbocycles. The SMILES string of the molecule is CCC1CCC(CN)(C2(O)CCN3CCC2C3)CC1. The molecule has 3 nitrogen and oxygen atoms in total. The van der Waals surface area contributed by atoms with Gasteiger partial charge >= 0.3 is 0 Å². The van der Waals surface area contributed by atoms with Crippen LogP contribution in [0.4, 0.5) is 0 Å². The minimum absolute atomic E-state index is 0.0137. The predicted octanol–water partition coefficient (Wildman–Crippen LogP) is 1.99. The molecule has 3 heteroatoms. The molecule has 0 spiro atoms. The Labute approximate surface area is 117 Å². The maximum absolute atomic E-state index is 11.5. The monoisotopic (exact) mass is 266 g/mol. The largest absolute Gasteiger partial charge is 0.389 e. The first-order chi connectivity index (χ1) is 9.13. The van der Waals surface area contributed by atoms with E-state index in [1.54, 1.807) is 0 Å². The number of hydrogen-bond acceptors (Lipinski definition) is 3. The Bertz CT molecular complexity index is 325. The van der Waals surface area contributed by atoms with Crippen LogP contribution in [0.25, 0.3) is 0 Å². The van der Waals surface area contributed by atoms with Crippen LogP contribution in [0.2, 0.25) is 0 Å². The molecule has 3 atom stereocenters. The third kappa shape index (κ3) is 2.05. The van der Waals surface area contributed by atoms with Crippen molar-refractivity contribution in [2.45, 2.75) is 57.5 Å². The lowest BCUT2D eigenvalue weighted by Gasteiger charge is -2.55. The third-order valence-electron chi connectivity index (χ3n) is 6.71. The van der Waals surface area contributed by atoms with Crippen molar-refractivity contribution >= 4 is 0 Å². The zero-order valence-electron chi connectivity index (χ0n) is 12.4. The Morgan fingerprint density at radius 3 is 2.53 bits per heavy atom. The normalized spacial score (nSPS) is 50.4. The van der Waals surface area contributed by atoms with Crippen molar-refractivity contribution in [1.82, 2.24) is 4.90 Å². The van der Waals surface area contributed by atoms with E-state index in [1.807, 2.05) is 0 Å². The van der Waals surface area contributed by atoms with Gasteiger partial charge in [0.05, 0.1) is 5.60 Å². The average molecular weight is 266 g/mol. The molecule has 0 radical (unpaired) electrons. The Morgan fingerprint density at radius 1 is 1.16 bits per heavy atom. The zero-order chi connectivity index (χ0) is 13.5. The molecule has 2 bridgehead atoms. The Balaban J connectivity index is 1.81. The molecule has 2 heterocycles. The van der Waals surface area contributed by atoms with E-state index >= 15 is 0 Å². The quantitative estimate of drug-likeness (QED) is 0.821. The van der Waals surface area contributed by atoms with Gasteiger partial charge in [0.25, 0.3) is 0 Å². The molecule has 0 aromatic heterocycles. The minimum Gasteiger partial charge on any atom is -0.389 e. The van der Waals surface area contributed by atoms with Crippen molar-refractivity contribution in [1.29, 1.82) is 0 Å². The van der Waals surface area contributed by atoms with E-state index in [-0.39, 0.29) is 5.41 Å². The summed E-state index contributed by atoms with van der Waals surface area (Å²) in [5, 5.41) is 11.5. The van der Waals surface area contributed by atoms with Gasteiger partial charge in [0.2, 0.25) is 0 Å². The molecule has 3 aliphatic rings. The van der Waals surface area contributed by atoms with Gasteiger partial charge in [-0.3, -0.25) is 0 Å². The standard InChI is InChI=1S/C16H30N2O/c1-2-13-3-6-15(12-17,7-4-13)16(19)8-10-18-9-5-14(16)11-18/h13-14,19H,2-12,17H2,1H3. The van der Waals surface area contributed by atoms with E-state index < -0.39 is 5.60 Å². The molecule has 1 saturated carbocycles. The number of hydrogen-bond donors (Lipinski definition) is 2. The van der Waals surface area contributed by atoms with E-state index in [4.69, 9.17) is 5.73 Å². The molecule has 2 saturated heterocycles. The van der Waals surface area contributed by atoms with Crippen molar-refractivity contribution in [2.75, 3.05) is 26.2 Å². The van der Waals surface area contributed by atoms with Gasteiger partial charge in [-0.05, 0) is 51.0 Å². The Hall–Kier alpha value is -0.120. The number of nitrogens with zero attached hydrogens (tertiary/aromatic N) is 1. The fraction of sp³-hybridized carbons (Fsp3) is 1.00. The second-order valence-electron chi connectivity index (χ2n) is 7.30. The van der Waals surface area contributed by atoms with E-state index in [9.17, 15) is 5.11 Å². The highest BCUT2D eigenvalue weighted by Crippen LogP contribution is 2.54. The molecule has 0 amide bonds.